The van der Waals surface area contributed by atoms with Gasteiger partial charge >= 0.3 is 0 Å². The van der Waals surface area contributed by atoms with Gasteiger partial charge in [0.1, 0.15) is 5.82 Å². The summed E-state index contributed by atoms with van der Waals surface area (Å²) in [5.74, 6) is 7.20. The van der Waals surface area contributed by atoms with Gasteiger partial charge in [0.05, 0.1) is 10.7 Å². The Morgan fingerprint density at radius 3 is 3.00 bits per heavy atom. The molecule has 2 rings (SSSR count). The summed E-state index contributed by atoms with van der Waals surface area (Å²) >= 11 is 8.25. The first-order valence-electron chi connectivity index (χ1n) is 6.48. The topological polar surface area (TPSA) is 54.2 Å². The van der Waals surface area contributed by atoms with Gasteiger partial charge in [0.15, 0.2) is 0 Å². The molecule has 0 unspecified atom stereocenters. The standard InChI is InChI=1S/C13H21ClN4S/c1-13(2)5-6-18(7-8-19-13)9-11-10(14)3-4-12(16-11)17-15/h3-4H,5-9,15H2,1-2H3,(H,16,17). The van der Waals surface area contributed by atoms with Crippen molar-refractivity contribution >= 4 is 29.2 Å². The van der Waals surface area contributed by atoms with E-state index >= 15 is 0 Å². The number of thioether (sulfide) groups is 1. The Labute approximate surface area is 124 Å². The molecule has 19 heavy (non-hydrogen) atoms. The normalized spacial score (nSPS) is 20.0. The predicted octanol–water partition coefficient (Wildman–Crippen LogP) is 2.74. The summed E-state index contributed by atoms with van der Waals surface area (Å²) in [6, 6.07) is 3.63. The van der Waals surface area contributed by atoms with Crippen molar-refractivity contribution in [2.45, 2.75) is 31.6 Å². The number of hydrazine groups is 1. The monoisotopic (exact) mass is 300 g/mol. The van der Waals surface area contributed by atoms with E-state index in [1.807, 2.05) is 17.8 Å². The van der Waals surface area contributed by atoms with Crippen molar-refractivity contribution in [1.82, 2.24) is 9.88 Å². The van der Waals surface area contributed by atoms with Crippen LogP contribution in [0.25, 0.3) is 0 Å². The Morgan fingerprint density at radius 2 is 2.26 bits per heavy atom. The summed E-state index contributed by atoms with van der Waals surface area (Å²) < 4.78 is 0.368. The van der Waals surface area contributed by atoms with Gasteiger partial charge in [0.25, 0.3) is 0 Å². The van der Waals surface area contributed by atoms with Gasteiger partial charge in [-0.05, 0) is 25.1 Å². The Balaban J connectivity index is 2.04. The van der Waals surface area contributed by atoms with Gasteiger partial charge in [-0.3, -0.25) is 4.90 Å². The van der Waals surface area contributed by atoms with Crippen molar-refractivity contribution in [3.63, 3.8) is 0 Å². The highest BCUT2D eigenvalue weighted by atomic mass is 35.5. The predicted molar refractivity (Wildman–Crippen MR) is 83.5 cm³/mol. The highest BCUT2D eigenvalue weighted by Crippen LogP contribution is 2.31. The molecule has 1 fully saturated rings. The first-order valence-corrected chi connectivity index (χ1v) is 7.85. The SMILES string of the molecule is CC1(C)CCN(Cc2nc(NN)ccc2Cl)CCS1. The molecule has 0 atom stereocenters. The number of aromatic nitrogens is 1. The molecule has 6 heteroatoms. The van der Waals surface area contributed by atoms with Crippen LogP contribution in [-0.4, -0.2) is 33.5 Å². The lowest BCUT2D eigenvalue weighted by Gasteiger charge is -2.22. The second-order valence-electron chi connectivity index (χ2n) is 5.40. The summed E-state index contributed by atoms with van der Waals surface area (Å²) in [6.45, 7) is 7.56. The van der Waals surface area contributed by atoms with Crippen LogP contribution in [0.5, 0.6) is 0 Å². The van der Waals surface area contributed by atoms with Gasteiger partial charge in [0, 0.05) is 23.6 Å². The van der Waals surface area contributed by atoms with E-state index in [1.165, 1.54) is 6.42 Å². The fourth-order valence-corrected chi connectivity index (χ4v) is 3.41. The van der Waals surface area contributed by atoms with E-state index in [2.05, 4.69) is 29.2 Å². The van der Waals surface area contributed by atoms with Crippen LogP contribution in [0.15, 0.2) is 12.1 Å². The molecule has 1 aliphatic heterocycles. The molecule has 106 valence electrons. The maximum absolute atomic E-state index is 6.21. The zero-order chi connectivity index (χ0) is 13.9. The lowest BCUT2D eigenvalue weighted by atomic mass is 10.1. The molecule has 1 aromatic heterocycles. The van der Waals surface area contributed by atoms with Gasteiger partial charge in [-0.1, -0.05) is 25.4 Å². The molecule has 0 radical (unpaired) electrons. The molecule has 3 N–H and O–H groups in total. The van der Waals surface area contributed by atoms with Crippen LogP contribution >= 0.6 is 23.4 Å². The zero-order valence-corrected chi connectivity index (χ0v) is 13.0. The van der Waals surface area contributed by atoms with Crippen molar-refractivity contribution < 1.29 is 0 Å². The van der Waals surface area contributed by atoms with Crippen LogP contribution in [0, 0.1) is 0 Å². The van der Waals surface area contributed by atoms with Crippen molar-refractivity contribution in [2.75, 3.05) is 24.3 Å². The summed E-state index contributed by atoms with van der Waals surface area (Å²) in [5.41, 5.74) is 3.46. The van der Waals surface area contributed by atoms with E-state index in [0.29, 0.717) is 15.6 Å². The van der Waals surface area contributed by atoms with Crippen molar-refractivity contribution in [3.05, 3.63) is 22.8 Å². The van der Waals surface area contributed by atoms with Gasteiger partial charge in [0.2, 0.25) is 0 Å². The minimum Gasteiger partial charge on any atom is -0.308 e. The van der Waals surface area contributed by atoms with E-state index in [9.17, 15) is 0 Å². The summed E-state index contributed by atoms with van der Waals surface area (Å²) in [7, 11) is 0. The molecule has 0 bridgehead atoms. The second kappa shape index (κ2) is 6.31. The zero-order valence-electron chi connectivity index (χ0n) is 11.4. The van der Waals surface area contributed by atoms with E-state index < -0.39 is 0 Å². The van der Waals surface area contributed by atoms with Crippen LogP contribution in [0.4, 0.5) is 5.82 Å². The van der Waals surface area contributed by atoms with Gasteiger partial charge in [-0.15, -0.1) is 0 Å². The highest BCUT2D eigenvalue weighted by Gasteiger charge is 2.24. The molecule has 0 spiro atoms. The smallest absolute Gasteiger partial charge is 0.140 e. The Morgan fingerprint density at radius 1 is 1.47 bits per heavy atom. The largest absolute Gasteiger partial charge is 0.308 e. The summed E-state index contributed by atoms with van der Waals surface area (Å²) in [4.78, 5) is 6.85. The second-order valence-corrected chi connectivity index (χ2v) is 7.61. The van der Waals surface area contributed by atoms with Crippen molar-refractivity contribution in [3.8, 4) is 0 Å². The highest BCUT2D eigenvalue weighted by molar-refractivity contribution is 8.00. The molecule has 1 saturated heterocycles. The number of nitrogens with zero attached hydrogens (tertiary/aromatic N) is 2. The maximum atomic E-state index is 6.21. The first kappa shape index (κ1) is 14.9. The molecular weight excluding hydrogens is 280 g/mol. The molecule has 0 amide bonds. The summed E-state index contributed by atoms with van der Waals surface area (Å²) in [5, 5.41) is 0.704. The minimum atomic E-state index is 0.368. The fourth-order valence-electron chi connectivity index (χ4n) is 2.11. The van der Waals surface area contributed by atoms with Crippen molar-refractivity contribution in [2.24, 2.45) is 5.84 Å². The summed E-state index contributed by atoms with van der Waals surface area (Å²) in [6.07, 6.45) is 1.18. The van der Waals surface area contributed by atoms with Crippen LogP contribution in [0.1, 0.15) is 26.0 Å². The number of pyridine rings is 1. The fraction of sp³-hybridized carbons (Fsp3) is 0.615. The molecule has 0 saturated carbocycles. The molecule has 1 aliphatic rings. The number of halogens is 1. The molecule has 1 aromatic rings. The van der Waals surface area contributed by atoms with Gasteiger partial charge in [-0.25, -0.2) is 10.8 Å². The average Bonchev–Trinajstić information content (AvgIpc) is 2.54. The number of anilines is 1. The van der Waals surface area contributed by atoms with E-state index in [4.69, 9.17) is 17.4 Å². The third-order valence-electron chi connectivity index (χ3n) is 3.37. The molecular formula is C13H21ClN4S. The van der Waals surface area contributed by atoms with Gasteiger partial charge in [-0.2, -0.15) is 11.8 Å². The number of nitrogens with one attached hydrogen (secondary N) is 1. The number of hydrogen-bond acceptors (Lipinski definition) is 5. The lowest BCUT2D eigenvalue weighted by molar-refractivity contribution is 0.273. The average molecular weight is 301 g/mol. The van der Waals surface area contributed by atoms with Gasteiger partial charge < -0.3 is 5.43 Å². The van der Waals surface area contributed by atoms with E-state index in [-0.39, 0.29) is 0 Å². The van der Waals surface area contributed by atoms with E-state index in [1.54, 1.807) is 6.07 Å². The Bertz CT molecular complexity index is 439. The quantitative estimate of drug-likeness (QED) is 0.664. The lowest BCUT2D eigenvalue weighted by Crippen LogP contribution is -2.27. The van der Waals surface area contributed by atoms with Crippen LogP contribution < -0.4 is 11.3 Å². The third kappa shape index (κ3) is 4.24. The van der Waals surface area contributed by atoms with Crippen LogP contribution in [-0.2, 0) is 6.54 Å². The number of hydrogen-bond donors (Lipinski definition) is 2. The van der Waals surface area contributed by atoms with Crippen molar-refractivity contribution in [1.29, 1.82) is 0 Å². The Hall–Kier alpha value is -0.490. The first-order chi connectivity index (χ1) is 9.00. The van der Waals surface area contributed by atoms with E-state index in [0.717, 1.165) is 31.1 Å². The number of nitrogen functional groups attached to an aromatic ring is 1. The van der Waals surface area contributed by atoms with Crippen LogP contribution in [0.3, 0.4) is 0 Å². The minimum absolute atomic E-state index is 0.368. The molecule has 4 nitrogen and oxygen atoms in total. The molecule has 0 aliphatic carbocycles. The van der Waals surface area contributed by atoms with Crippen LogP contribution in [0.2, 0.25) is 5.02 Å². The third-order valence-corrected chi connectivity index (χ3v) is 5.09. The molecule has 2 heterocycles. The molecule has 0 aromatic carbocycles. The Kier molecular flexibility index (Phi) is 4.95. The number of rotatable bonds is 3. The number of nitrogens with two attached hydrogens (primary N) is 1. The maximum Gasteiger partial charge on any atom is 0.140 e.